The summed E-state index contributed by atoms with van der Waals surface area (Å²) in [6.07, 6.45) is 1.00. The van der Waals surface area contributed by atoms with Crippen LogP contribution in [0.5, 0.6) is 5.75 Å². The summed E-state index contributed by atoms with van der Waals surface area (Å²) in [5.41, 5.74) is 1.27. The third kappa shape index (κ3) is 2.26. The number of para-hydroxylation sites is 1. The Labute approximate surface area is 113 Å². The van der Waals surface area contributed by atoms with Crippen molar-refractivity contribution < 1.29 is 9.15 Å². The van der Waals surface area contributed by atoms with Crippen LogP contribution in [0.4, 0.5) is 0 Å². The van der Waals surface area contributed by atoms with Crippen LogP contribution in [0.25, 0.3) is 0 Å². The van der Waals surface area contributed by atoms with E-state index in [4.69, 9.17) is 9.15 Å². The van der Waals surface area contributed by atoms with Crippen LogP contribution in [0, 0.1) is 6.92 Å². The van der Waals surface area contributed by atoms with Crippen LogP contribution in [0.15, 0.2) is 40.8 Å². The van der Waals surface area contributed by atoms with Gasteiger partial charge in [0.2, 0.25) is 0 Å². The van der Waals surface area contributed by atoms with Gasteiger partial charge in [0.05, 0.1) is 12.6 Å². The van der Waals surface area contributed by atoms with E-state index in [1.54, 1.807) is 0 Å². The highest BCUT2D eigenvalue weighted by atomic mass is 16.5. The normalized spacial score (nSPS) is 19.6. The van der Waals surface area contributed by atoms with Crippen LogP contribution in [0.2, 0.25) is 0 Å². The molecular formula is C16H19NO2. The van der Waals surface area contributed by atoms with Crippen molar-refractivity contribution in [3.8, 4) is 5.75 Å². The molecule has 3 nitrogen and oxygen atoms in total. The van der Waals surface area contributed by atoms with Crippen LogP contribution in [0.1, 0.15) is 35.5 Å². The molecule has 0 bridgehead atoms. The molecule has 1 aromatic carbocycles. The molecule has 2 unspecified atom stereocenters. The minimum atomic E-state index is 0.193. The molecule has 0 spiro atoms. The van der Waals surface area contributed by atoms with Crippen molar-refractivity contribution in [1.82, 2.24) is 5.32 Å². The fourth-order valence-corrected chi connectivity index (χ4v) is 2.88. The fraction of sp³-hybridized carbons (Fsp3) is 0.375. The molecule has 0 aliphatic carbocycles. The lowest BCUT2D eigenvalue weighted by Gasteiger charge is -2.31. The van der Waals surface area contributed by atoms with Gasteiger partial charge in [-0.25, -0.2) is 0 Å². The third-order valence-electron chi connectivity index (χ3n) is 3.79. The Balaban J connectivity index is 1.97. The SMILES string of the molecule is CNC(c1ccc(C)o1)C1CCOc2ccccc21. The number of hydrogen-bond donors (Lipinski definition) is 1. The van der Waals surface area contributed by atoms with Gasteiger partial charge in [0.1, 0.15) is 17.3 Å². The highest BCUT2D eigenvalue weighted by Crippen LogP contribution is 2.41. The van der Waals surface area contributed by atoms with Crippen molar-refractivity contribution in [2.45, 2.75) is 25.3 Å². The Hall–Kier alpha value is -1.74. The van der Waals surface area contributed by atoms with Crippen LogP contribution in [-0.2, 0) is 0 Å². The van der Waals surface area contributed by atoms with Gasteiger partial charge in [-0.15, -0.1) is 0 Å². The van der Waals surface area contributed by atoms with Crippen molar-refractivity contribution in [3.05, 3.63) is 53.5 Å². The van der Waals surface area contributed by atoms with Crippen molar-refractivity contribution in [1.29, 1.82) is 0 Å². The number of furan rings is 1. The van der Waals surface area contributed by atoms with E-state index in [1.165, 1.54) is 5.56 Å². The van der Waals surface area contributed by atoms with Gasteiger partial charge in [-0.2, -0.15) is 0 Å². The van der Waals surface area contributed by atoms with Crippen molar-refractivity contribution in [2.24, 2.45) is 0 Å². The monoisotopic (exact) mass is 257 g/mol. The Kier molecular flexibility index (Phi) is 3.30. The van der Waals surface area contributed by atoms with Gasteiger partial charge in [0.15, 0.2) is 0 Å². The van der Waals surface area contributed by atoms with E-state index < -0.39 is 0 Å². The Morgan fingerprint density at radius 2 is 2.05 bits per heavy atom. The summed E-state index contributed by atoms with van der Waals surface area (Å²) in [6.45, 7) is 2.74. The van der Waals surface area contributed by atoms with Gasteiger partial charge in [0.25, 0.3) is 0 Å². The molecule has 0 radical (unpaired) electrons. The molecular weight excluding hydrogens is 238 g/mol. The molecule has 3 rings (SSSR count). The summed E-state index contributed by atoms with van der Waals surface area (Å²) in [5, 5.41) is 3.39. The minimum Gasteiger partial charge on any atom is -0.493 e. The minimum absolute atomic E-state index is 0.193. The van der Waals surface area contributed by atoms with E-state index in [2.05, 4.69) is 23.5 Å². The highest BCUT2D eigenvalue weighted by Gasteiger charge is 2.30. The maximum atomic E-state index is 5.80. The number of likely N-dealkylation sites (N-methyl/N-ethyl adjacent to an activating group) is 1. The molecule has 2 atom stereocenters. The van der Waals surface area contributed by atoms with Crippen LogP contribution < -0.4 is 10.1 Å². The van der Waals surface area contributed by atoms with Crippen LogP contribution in [0.3, 0.4) is 0 Å². The van der Waals surface area contributed by atoms with Crippen molar-refractivity contribution >= 4 is 0 Å². The Morgan fingerprint density at radius 1 is 1.21 bits per heavy atom. The first-order valence-corrected chi connectivity index (χ1v) is 6.75. The molecule has 19 heavy (non-hydrogen) atoms. The van der Waals surface area contributed by atoms with E-state index in [-0.39, 0.29) is 6.04 Å². The van der Waals surface area contributed by atoms with Gasteiger partial charge in [-0.05, 0) is 44.2 Å². The molecule has 100 valence electrons. The lowest BCUT2D eigenvalue weighted by atomic mass is 9.85. The number of rotatable bonds is 3. The number of nitrogens with one attached hydrogen (secondary N) is 1. The molecule has 0 amide bonds. The maximum absolute atomic E-state index is 5.80. The molecule has 0 saturated carbocycles. The largest absolute Gasteiger partial charge is 0.493 e. The molecule has 0 fully saturated rings. The molecule has 2 aromatic rings. The number of aryl methyl sites for hydroxylation is 1. The number of fused-ring (bicyclic) bond motifs is 1. The summed E-state index contributed by atoms with van der Waals surface area (Å²) in [7, 11) is 1.99. The predicted octanol–water partition coefficient (Wildman–Crippen LogP) is 3.41. The molecule has 1 aliphatic rings. The lowest BCUT2D eigenvalue weighted by Crippen LogP contribution is -2.27. The van der Waals surface area contributed by atoms with Gasteiger partial charge in [0, 0.05) is 5.92 Å². The number of ether oxygens (including phenoxy) is 1. The first kappa shape index (κ1) is 12.3. The summed E-state index contributed by atoms with van der Waals surface area (Å²) in [5.74, 6) is 3.35. The van der Waals surface area contributed by atoms with Gasteiger partial charge >= 0.3 is 0 Å². The van der Waals surface area contributed by atoms with Crippen LogP contribution >= 0.6 is 0 Å². The lowest BCUT2D eigenvalue weighted by molar-refractivity contribution is 0.239. The predicted molar refractivity (Wildman–Crippen MR) is 74.5 cm³/mol. The summed E-state index contributed by atoms with van der Waals surface area (Å²) < 4.78 is 11.5. The molecule has 0 saturated heterocycles. The van der Waals surface area contributed by atoms with Gasteiger partial charge < -0.3 is 14.5 Å². The molecule has 1 aliphatic heterocycles. The smallest absolute Gasteiger partial charge is 0.122 e. The standard InChI is InChI=1S/C16H19NO2/c1-11-7-8-15(19-11)16(17-2)13-9-10-18-14-6-4-3-5-12(13)14/h3-8,13,16-17H,9-10H2,1-2H3. The highest BCUT2D eigenvalue weighted by molar-refractivity contribution is 5.39. The molecule has 1 N–H and O–H groups in total. The summed E-state index contributed by atoms with van der Waals surface area (Å²) in [4.78, 5) is 0. The summed E-state index contributed by atoms with van der Waals surface area (Å²) >= 11 is 0. The second-order valence-corrected chi connectivity index (χ2v) is 5.00. The molecule has 1 aromatic heterocycles. The first-order valence-electron chi connectivity index (χ1n) is 6.75. The van der Waals surface area contributed by atoms with E-state index in [9.17, 15) is 0 Å². The summed E-state index contributed by atoms with van der Waals surface area (Å²) in [6, 6.07) is 12.6. The zero-order valence-electron chi connectivity index (χ0n) is 11.3. The van der Waals surface area contributed by atoms with Gasteiger partial charge in [-0.1, -0.05) is 18.2 Å². The van der Waals surface area contributed by atoms with E-state index in [0.29, 0.717) is 5.92 Å². The Morgan fingerprint density at radius 3 is 2.79 bits per heavy atom. The average molecular weight is 257 g/mol. The van der Waals surface area contributed by atoms with Crippen molar-refractivity contribution in [2.75, 3.05) is 13.7 Å². The van der Waals surface area contributed by atoms with Gasteiger partial charge in [-0.3, -0.25) is 0 Å². The maximum Gasteiger partial charge on any atom is 0.122 e. The number of benzene rings is 1. The first-order chi connectivity index (χ1) is 9.29. The van der Waals surface area contributed by atoms with E-state index >= 15 is 0 Å². The van der Waals surface area contributed by atoms with Crippen LogP contribution in [-0.4, -0.2) is 13.7 Å². The quantitative estimate of drug-likeness (QED) is 0.915. The third-order valence-corrected chi connectivity index (χ3v) is 3.79. The second kappa shape index (κ2) is 5.10. The topological polar surface area (TPSA) is 34.4 Å². The van der Waals surface area contributed by atoms with E-state index in [1.807, 2.05) is 32.2 Å². The number of hydrogen-bond acceptors (Lipinski definition) is 3. The fourth-order valence-electron chi connectivity index (χ4n) is 2.88. The molecule has 2 heterocycles. The van der Waals surface area contributed by atoms with Crippen molar-refractivity contribution in [3.63, 3.8) is 0 Å². The zero-order valence-corrected chi connectivity index (χ0v) is 11.3. The Bertz CT molecular complexity index is 561. The zero-order chi connectivity index (χ0) is 13.2. The van der Waals surface area contributed by atoms with E-state index in [0.717, 1.165) is 30.3 Å². The average Bonchev–Trinajstić information content (AvgIpc) is 2.86. The molecule has 3 heteroatoms. The second-order valence-electron chi connectivity index (χ2n) is 5.00.